The number of hydrogen-bond acceptors (Lipinski definition) is 6. The zero-order chi connectivity index (χ0) is 22.2. The topological polar surface area (TPSA) is 123 Å². The SMILES string of the molecule is O=C(c1ccc(OB(O)O)cc1)N1CCN(S(=O)(=O)c2cc3cc(Cl)ccc3[nH]2)CC1. The molecule has 4 rings (SSSR count). The van der Waals surface area contributed by atoms with E-state index in [4.69, 9.17) is 26.3 Å². The Morgan fingerprint density at radius 2 is 1.71 bits per heavy atom. The van der Waals surface area contributed by atoms with Crippen LogP contribution in [-0.2, 0) is 10.0 Å². The number of benzene rings is 2. The summed E-state index contributed by atoms with van der Waals surface area (Å²) in [5.41, 5.74) is 1.07. The minimum absolute atomic E-state index is 0.0891. The Morgan fingerprint density at radius 1 is 1.03 bits per heavy atom. The molecular formula is C19H19BClN3O6S. The Balaban J connectivity index is 1.43. The second kappa shape index (κ2) is 8.52. The number of carbonyl (C=O) groups excluding carboxylic acids is 1. The molecule has 2 heterocycles. The summed E-state index contributed by atoms with van der Waals surface area (Å²) in [5, 5.41) is 18.9. The lowest BCUT2D eigenvalue weighted by Gasteiger charge is -2.33. The van der Waals surface area contributed by atoms with E-state index in [-0.39, 0.29) is 42.9 Å². The number of H-pyrrole nitrogens is 1. The van der Waals surface area contributed by atoms with Crippen LogP contribution in [0.4, 0.5) is 0 Å². The molecule has 31 heavy (non-hydrogen) atoms. The predicted octanol–water partition coefficient (Wildman–Crippen LogP) is 1.32. The highest BCUT2D eigenvalue weighted by atomic mass is 35.5. The normalized spacial score (nSPS) is 15.3. The van der Waals surface area contributed by atoms with Crippen LogP contribution < -0.4 is 4.65 Å². The minimum atomic E-state index is -3.73. The molecule has 0 bridgehead atoms. The number of rotatable bonds is 5. The molecule has 0 radical (unpaired) electrons. The Hall–Kier alpha value is -2.57. The molecule has 1 saturated heterocycles. The number of sulfonamides is 1. The number of piperazine rings is 1. The number of hydrogen-bond donors (Lipinski definition) is 3. The molecule has 1 aliphatic heterocycles. The molecule has 0 aliphatic carbocycles. The summed E-state index contributed by atoms with van der Waals surface area (Å²) < 4.78 is 32.1. The monoisotopic (exact) mass is 463 g/mol. The fourth-order valence-electron chi connectivity index (χ4n) is 3.47. The van der Waals surface area contributed by atoms with Gasteiger partial charge in [0, 0.05) is 47.7 Å². The maximum atomic E-state index is 13.0. The highest BCUT2D eigenvalue weighted by Gasteiger charge is 2.31. The van der Waals surface area contributed by atoms with Crippen molar-refractivity contribution in [2.45, 2.75) is 5.03 Å². The third-order valence-corrected chi connectivity index (χ3v) is 7.10. The summed E-state index contributed by atoms with van der Waals surface area (Å²) in [7, 11) is -5.67. The van der Waals surface area contributed by atoms with Crippen LogP contribution in [0.1, 0.15) is 10.4 Å². The van der Waals surface area contributed by atoms with E-state index in [1.54, 1.807) is 29.2 Å². The van der Waals surface area contributed by atoms with E-state index in [9.17, 15) is 13.2 Å². The van der Waals surface area contributed by atoms with Gasteiger partial charge in [-0.05, 0) is 48.5 Å². The maximum Gasteiger partial charge on any atom is 0.707 e. The van der Waals surface area contributed by atoms with Gasteiger partial charge in [-0.15, -0.1) is 0 Å². The number of amides is 1. The van der Waals surface area contributed by atoms with Gasteiger partial charge in [-0.1, -0.05) is 11.6 Å². The first-order valence-corrected chi connectivity index (χ1v) is 11.3. The van der Waals surface area contributed by atoms with Crippen molar-refractivity contribution in [2.24, 2.45) is 0 Å². The molecule has 1 aliphatic rings. The van der Waals surface area contributed by atoms with Crippen LogP contribution in [0.25, 0.3) is 10.9 Å². The van der Waals surface area contributed by atoms with E-state index in [1.165, 1.54) is 28.6 Å². The van der Waals surface area contributed by atoms with E-state index in [0.717, 1.165) is 0 Å². The summed E-state index contributed by atoms with van der Waals surface area (Å²) >= 11 is 5.98. The zero-order valence-corrected chi connectivity index (χ0v) is 17.8. The van der Waals surface area contributed by atoms with Crippen molar-refractivity contribution in [1.29, 1.82) is 0 Å². The largest absolute Gasteiger partial charge is 0.707 e. The third kappa shape index (κ3) is 4.55. The molecular weight excluding hydrogens is 445 g/mol. The molecule has 0 atom stereocenters. The molecule has 1 fully saturated rings. The van der Waals surface area contributed by atoms with Crippen molar-refractivity contribution < 1.29 is 27.9 Å². The fourth-order valence-corrected chi connectivity index (χ4v) is 5.08. The van der Waals surface area contributed by atoms with Crippen LogP contribution in [0.2, 0.25) is 5.02 Å². The van der Waals surface area contributed by atoms with Crippen LogP contribution >= 0.6 is 11.6 Å². The smallest absolute Gasteiger partial charge is 0.512 e. The van der Waals surface area contributed by atoms with Gasteiger partial charge in [0.25, 0.3) is 15.9 Å². The van der Waals surface area contributed by atoms with Crippen LogP contribution in [0.3, 0.4) is 0 Å². The molecule has 12 heteroatoms. The van der Waals surface area contributed by atoms with Gasteiger partial charge in [-0.25, -0.2) is 8.42 Å². The van der Waals surface area contributed by atoms with Crippen molar-refractivity contribution >= 4 is 45.8 Å². The van der Waals surface area contributed by atoms with E-state index >= 15 is 0 Å². The van der Waals surface area contributed by atoms with Gasteiger partial charge >= 0.3 is 7.32 Å². The number of carbonyl (C=O) groups is 1. The summed E-state index contributed by atoms with van der Waals surface area (Å²) in [6.07, 6.45) is 0. The average molecular weight is 464 g/mol. The van der Waals surface area contributed by atoms with Crippen molar-refractivity contribution in [1.82, 2.24) is 14.2 Å². The summed E-state index contributed by atoms with van der Waals surface area (Å²) in [6, 6.07) is 12.6. The van der Waals surface area contributed by atoms with Gasteiger partial charge in [-0.3, -0.25) is 4.79 Å². The third-order valence-electron chi connectivity index (χ3n) is 5.04. The van der Waals surface area contributed by atoms with Crippen LogP contribution in [0.5, 0.6) is 5.75 Å². The first-order chi connectivity index (χ1) is 14.7. The second-order valence-electron chi connectivity index (χ2n) is 7.03. The summed E-state index contributed by atoms with van der Waals surface area (Å²) in [4.78, 5) is 17.2. The fraction of sp³-hybridized carbons (Fsp3) is 0.211. The molecule has 9 nitrogen and oxygen atoms in total. The predicted molar refractivity (Wildman–Crippen MR) is 115 cm³/mol. The molecule has 1 aromatic heterocycles. The highest BCUT2D eigenvalue weighted by molar-refractivity contribution is 7.89. The zero-order valence-electron chi connectivity index (χ0n) is 16.2. The van der Waals surface area contributed by atoms with E-state index in [0.29, 0.717) is 21.5 Å². The second-order valence-corrected chi connectivity index (χ2v) is 9.37. The van der Waals surface area contributed by atoms with Gasteiger partial charge in [-0.2, -0.15) is 4.31 Å². The molecule has 3 aromatic rings. The molecule has 162 valence electrons. The van der Waals surface area contributed by atoms with Gasteiger partial charge in [0.15, 0.2) is 0 Å². The molecule has 0 unspecified atom stereocenters. The number of aromatic nitrogens is 1. The van der Waals surface area contributed by atoms with Crippen molar-refractivity contribution in [3.8, 4) is 5.75 Å². The maximum absolute atomic E-state index is 13.0. The van der Waals surface area contributed by atoms with Crippen LogP contribution in [0, 0.1) is 0 Å². The first-order valence-electron chi connectivity index (χ1n) is 9.44. The van der Waals surface area contributed by atoms with E-state index < -0.39 is 17.3 Å². The summed E-state index contributed by atoms with van der Waals surface area (Å²) in [5.74, 6) is -0.0320. The lowest BCUT2D eigenvalue weighted by Crippen LogP contribution is -2.50. The number of halogens is 1. The number of nitrogens with one attached hydrogen (secondary N) is 1. The number of nitrogens with zero attached hydrogens (tertiary/aromatic N) is 2. The standard InChI is InChI=1S/C19H19BClN3O6S/c21-15-3-6-17-14(11-15)12-18(22-17)31(28,29)24-9-7-23(8-10-24)19(25)13-1-4-16(5-2-13)30-20(26)27/h1-6,11-12,22,26-27H,7-10H2. The van der Waals surface area contributed by atoms with Crippen LogP contribution in [0.15, 0.2) is 53.6 Å². The van der Waals surface area contributed by atoms with Gasteiger partial charge < -0.3 is 24.6 Å². The first kappa shape index (κ1) is 21.7. The van der Waals surface area contributed by atoms with Crippen LogP contribution in [-0.4, -0.2) is 72.1 Å². The Kier molecular flexibility index (Phi) is 5.95. The molecule has 0 saturated carbocycles. The van der Waals surface area contributed by atoms with Crippen molar-refractivity contribution in [2.75, 3.05) is 26.2 Å². The lowest BCUT2D eigenvalue weighted by atomic mass is 10.1. The van der Waals surface area contributed by atoms with Gasteiger partial charge in [0.05, 0.1) is 0 Å². The number of aromatic amines is 1. The Morgan fingerprint density at radius 3 is 2.35 bits per heavy atom. The minimum Gasteiger partial charge on any atom is -0.512 e. The van der Waals surface area contributed by atoms with Crippen molar-refractivity contribution in [3.63, 3.8) is 0 Å². The molecule has 0 spiro atoms. The Bertz CT molecular complexity index is 1210. The molecule has 1 amide bonds. The lowest BCUT2D eigenvalue weighted by molar-refractivity contribution is 0.0698. The molecule has 3 N–H and O–H groups in total. The molecule has 2 aromatic carbocycles. The van der Waals surface area contributed by atoms with Gasteiger partial charge in [0.1, 0.15) is 10.8 Å². The van der Waals surface area contributed by atoms with Gasteiger partial charge in [0.2, 0.25) is 0 Å². The van der Waals surface area contributed by atoms with E-state index in [1.807, 2.05) is 0 Å². The summed E-state index contributed by atoms with van der Waals surface area (Å²) in [6.45, 7) is 0.833. The Labute approximate surface area is 184 Å². The average Bonchev–Trinajstić information content (AvgIpc) is 3.17. The van der Waals surface area contributed by atoms with E-state index in [2.05, 4.69) is 4.98 Å². The quantitative estimate of drug-likeness (QED) is 0.490. The number of fused-ring (bicyclic) bond motifs is 1. The highest BCUT2D eigenvalue weighted by Crippen LogP contribution is 2.25. The van der Waals surface area contributed by atoms with Crippen molar-refractivity contribution in [3.05, 3.63) is 59.1 Å².